The molecule has 0 unspecified atom stereocenters. The molecule has 13 heteroatoms. The minimum atomic E-state index is -0.876. The van der Waals surface area contributed by atoms with E-state index in [1.54, 1.807) is 6.92 Å². The van der Waals surface area contributed by atoms with E-state index in [0.717, 1.165) is 12.8 Å². The number of oxime groups is 1. The number of β-lactam (4-membered cyclic amide) rings is 1. The van der Waals surface area contributed by atoms with Crippen LogP contribution >= 0.6 is 11.8 Å². The molecule has 1 aliphatic carbocycles. The van der Waals surface area contributed by atoms with E-state index in [4.69, 9.17) is 9.47 Å². The summed E-state index contributed by atoms with van der Waals surface area (Å²) in [5, 5.41) is 25.5. The molecule has 6 atom stereocenters. The van der Waals surface area contributed by atoms with Gasteiger partial charge >= 0.3 is 12.1 Å². The fourth-order valence-corrected chi connectivity index (χ4v) is 7.13. The van der Waals surface area contributed by atoms with Crippen LogP contribution in [0.2, 0.25) is 0 Å². The Morgan fingerprint density at radius 2 is 1.90 bits per heavy atom. The van der Waals surface area contributed by atoms with Gasteiger partial charge in [0.25, 0.3) is 0 Å². The first-order chi connectivity index (χ1) is 19.1. The van der Waals surface area contributed by atoms with Gasteiger partial charge < -0.3 is 34.9 Å². The number of rotatable bonds is 11. The van der Waals surface area contributed by atoms with Crippen LogP contribution in [0.1, 0.15) is 39.5 Å². The van der Waals surface area contributed by atoms with Gasteiger partial charge in [0.1, 0.15) is 24.7 Å². The number of thioether (sulfide) groups is 1. The third-order valence-electron chi connectivity index (χ3n) is 7.63. The number of amidine groups is 1. The Morgan fingerprint density at radius 3 is 2.50 bits per heavy atom. The lowest BCUT2D eigenvalue weighted by molar-refractivity contribution is -0.164. The maximum Gasteiger partial charge on any atom is 0.410 e. The molecule has 3 aliphatic heterocycles. The van der Waals surface area contributed by atoms with E-state index in [-0.39, 0.29) is 72.7 Å². The third-order valence-corrected chi connectivity index (χ3v) is 9.12. The summed E-state index contributed by atoms with van der Waals surface area (Å²) in [5.41, 5.74) is 0.157. The number of esters is 1. The fourth-order valence-electron chi connectivity index (χ4n) is 5.57. The lowest BCUT2D eigenvalue weighted by Crippen LogP contribution is -2.63. The highest BCUT2D eigenvalue weighted by Gasteiger charge is 2.60. The summed E-state index contributed by atoms with van der Waals surface area (Å²) in [5.74, 6) is -2.11. The van der Waals surface area contributed by atoms with E-state index in [9.17, 15) is 29.5 Å². The van der Waals surface area contributed by atoms with Crippen molar-refractivity contribution in [2.75, 3.05) is 19.8 Å². The molecule has 0 aromatic rings. The SMILES string of the molecule is C=CCOC(=O)C1=C(S[C@H]2C[C@@H](C/C(=N/O)NC(=O)C3CC3)N(C(=O)OCC=C)C2)[C@H](C)[C@@H]2[C@H]([C@@H](C)O)C(=O)N12. The van der Waals surface area contributed by atoms with Gasteiger partial charge in [0, 0.05) is 41.0 Å². The average molecular weight is 577 g/mol. The van der Waals surface area contributed by atoms with E-state index >= 15 is 0 Å². The molecule has 0 aromatic carbocycles. The van der Waals surface area contributed by atoms with Crippen molar-refractivity contribution in [3.05, 3.63) is 35.9 Å². The van der Waals surface area contributed by atoms with Crippen LogP contribution < -0.4 is 5.32 Å². The van der Waals surface area contributed by atoms with Crippen molar-refractivity contribution in [3.63, 3.8) is 0 Å². The van der Waals surface area contributed by atoms with Crippen LogP contribution in [-0.4, -0.2) is 93.0 Å². The van der Waals surface area contributed by atoms with E-state index in [0.29, 0.717) is 11.3 Å². The van der Waals surface area contributed by atoms with E-state index in [1.807, 2.05) is 6.92 Å². The van der Waals surface area contributed by atoms with Crippen LogP contribution in [0.4, 0.5) is 4.79 Å². The molecular weight excluding hydrogens is 540 g/mol. The number of carbonyl (C=O) groups is 4. The highest BCUT2D eigenvalue weighted by atomic mass is 32.2. The topological polar surface area (TPSA) is 158 Å². The summed E-state index contributed by atoms with van der Waals surface area (Å²) in [6, 6.07) is -0.838. The second-order valence-electron chi connectivity index (χ2n) is 10.5. The third kappa shape index (κ3) is 5.90. The van der Waals surface area contributed by atoms with Gasteiger partial charge in [-0.25, -0.2) is 9.59 Å². The Hall–Kier alpha value is -3.32. The predicted molar refractivity (Wildman–Crippen MR) is 146 cm³/mol. The van der Waals surface area contributed by atoms with Crippen LogP contribution in [0.5, 0.6) is 0 Å². The quantitative estimate of drug-likeness (QED) is 0.0636. The second kappa shape index (κ2) is 12.5. The Bertz CT molecular complexity index is 1130. The number of nitrogens with one attached hydrogen (secondary N) is 1. The van der Waals surface area contributed by atoms with Crippen molar-refractivity contribution in [2.24, 2.45) is 22.9 Å². The highest BCUT2D eigenvalue weighted by molar-refractivity contribution is 8.03. The lowest BCUT2D eigenvalue weighted by Gasteiger charge is -2.46. The molecule has 0 bridgehead atoms. The van der Waals surface area contributed by atoms with Crippen LogP contribution in [0.15, 0.2) is 41.1 Å². The van der Waals surface area contributed by atoms with E-state index in [1.165, 1.54) is 33.7 Å². The summed E-state index contributed by atoms with van der Waals surface area (Å²) < 4.78 is 10.6. The number of nitrogens with zero attached hydrogens (tertiary/aromatic N) is 3. The van der Waals surface area contributed by atoms with Gasteiger partial charge in [-0.3, -0.25) is 9.59 Å². The van der Waals surface area contributed by atoms with Gasteiger partial charge in [0.2, 0.25) is 11.8 Å². The largest absolute Gasteiger partial charge is 0.457 e. The first-order valence-electron chi connectivity index (χ1n) is 13.4. The smallest absolute Gasteiger partial charge is 0.410 e. The molecular formula is C27H36N4O8S. The maximum absolute atomic E-state index is 13.1. The Kier molecular flexibility index (Phi) is 9.24. The maximum atomic E-state index is 13.1. The zero-order valence-corrected chi connectivity index (χ0v) is 23.5. The monoisotopic (exact) mass is 576 g/mol. The van der Waals surface area contributed by atoms with Crippen LogP contribution in [0.3, 0.4) is 0 Å². The number of hydrogen-bond acceptors (Lipinski definition) is 10. The first-order valence-corrected chi connectivity index (χ1v) is 14.3. The Balaban J connectivity index is 1.56. The van der Waals surface area contributed by atoms with Gasteiger partial charge in [-0.2, -0.15) is 0 Å². The standard InChI is InChI=1S/C27H36N4O8S/c1-5-9-38-26(35)22-23(14(3)21-20(15(4)32)25(34)31(21)22)40-18-11-17(30(13-18)27(36)39-10-6-2)12-19(29-37)28-24(33)16-7-8-16/h5-6,14-18,20-21,32,37H,1-2,7-13H2,3-4H3,(H,28,29,33)/t14-,15-,17+,18+,20+,21-/m1/s1. The number of fused-ring (bicyclic) bond motifs is 1. The van der Waals surface area contributed by atoms with Crippen molar-refractivity contribution in [1.82, 2.24) is 15.1 Å². The zero-order chi connectivity index (χ0) is 29.1. The number of carbonyl (C=O) groups excluding carboxylic acids is 4. The van der Waals surface area contributed by atoms with Gasteiger partial charge in [-0.15, -0.1) is 11.8 Å². The van der Waals surface area contributed by atoms with Gasteiger partial charge in [-0.05, 0) is 26.2 Å². The minimum Gasteiger partial charge on any atom is -0.457 e. The summed E-state index contributed by atoms with van der Waals surface area (Å²) in [4.78, 5) is 54.8. The molecule has 3 N–H and O–H groups in total. The van der Waals surface area contributed by atoms with Crippen molar-refractivity contribution in [2.45, 2.75) is 63.0 Å². The molecule has 3 amide bonds. The number of aliphatic hydroxyl groups is 1. The Morgan fingerprint density at radius 1 is 1.23 bits per heavy atom. The van der Waals surface area contributed by atoms with Crippen molar-refractivity contribution in [1.29, 1.82) is 0 Å². The number of hydrogen-bond donors (Lipinski definition) is 3. The molecule has 3 fully saturated rings. The number of ether oxygens (including phenoxy) is 2. The molecule has 4 aliphatic rings. The van der Waals surface area contributed by atoms with Crippen molar-refractivity contribution < 1.29 is 39.0 Å². The summed E-state index contributed by atoms with van der Waals surface area (Å²) in [6.45, 7) is 10.9. The molecule has 0 aromatic heterocycles. The molecule has 40 heavy (non-hydrogen) atoms. The summed E-state index contributed by atoms with van der Waals surface area (Å²) >= 11 is 1.39. The summed E-state index contributed by atoms with van der Waals surface area (Å²) in [7, 11) is 0. The molecule has 12 nitrogen and oxygen atoms in total. The normalized spacial score (nSPS) is 28.5. The van der Waals surface area contributed by atoms with Crippen molar-refractivity contribution in [3.8, 4) is 0 Å². The van der Waals surface area contributed by atoms with Crippen molar-refractivity contribution >= 4 is 41.5 Å². The Labute approximate surface area is 237 Å². The average Bonchev–Trinajstić information content (AvgIpc) is 3.66. The molecule has 0 radical (unpaired) electrons. The molecule has 218 valence electrons. The summed E-state index contributed by atoms with van der Waals surface area (Å²) in [6.07, 6.45) is 3.55. The molecule has 2 saturated heterocycles. The molecule has 1 saturated carbocycles. The number of aliphatic hydroxyl groups excluding tert-OH is 1. The van der Waals surface area contributed by atoms with E-state index in [2.05, 4.69) is 23.6 Å². The molecule has 3 heterocycles. The lowest BCUT2D eigenvalue weighted by atomic mass is 9.79. The fraction of sp³-hybridized carbons (Fsp3) is 0.593. The predicted octanol–water partition coefficient (Wildman–Crippen LogP) is 1.99. The zero-order valence-electron chi connectivity index (χ0n) is 22.7. The highest BCUT2D eigenvalue weighted by Crippen LogP contribution is 2.52. The van der Waals surface area contributed by atoms with E-state index < -0.39 is 30.1 Å². The molecule has 0 spiro atoms. The minimum absolute atomic E-state index is 0.0141. The van der Waals surface area contributed by atoms with Gasteiger partial charge in [-0.1, -0.05) is 37.4 Å². The number of amides is 3. The van der Waals surface area contributed by atoms with Crippen LogP contribution in [-0.2, 0) is 23.9 Å². The number of likely N-dealkylation sites (tertiary alicyclic amines) is 1. The van der Waals surface area contributed by atoms with Gasteiger partial charge in [0.15, 0.2) is 0 Å². The van der Waals surface area contributed by atoms with Crippen LogP contribution in [0.25, 0.3) is 0 Å². The molecule has 4 rings (SSSR count). The second-order valence-corrected chi connectivity index (χ2v) is 11.9. The first kappa shape index (κ1) is 29.7. The van der Waals surface area contributed by atoms with Crippen LogP contribution in [0, 0.1) is 17.8 Å². The van der Waals surface area contributed by atoms with Gasteiger partial charge in [0.05, 0.1) is 18.1 Å².